The summed E-state index contributed by atoms with van der Waals surface area (Å²) in [7, 11) is 0. The van der Waals surface area contributed by atoms with Gasteiger partial charge in [-0.2, -0.15) is 0 Å². The minimum absolute atomic E-state index is 0. The summed E-state index contributed by atoms with van der Waals surface area (Å²) < 4.78 is 0. The molecule has 1 aliphatic heterocycles. The van der Waals surface area contributed by atoms with Gasteiger partial charge in [-0.15, -0.1) is 12.4 Å². The van der Waals surface area contributed by atoms with Crippen molar-refractivity contribution in [2.24, 2.45) is 11.7 Å². The number of nitrogens with one attached hydrogen (secondary N) is 1. The number of carbonyl (C=O) groups is 1. The van der Waals surface area contributed by atoms with Gasteiger partial charge in [0.1, 0.15) is 0 Å². The molecule has 0 aliphatic carbocycles. The maximum atomic E-state index is 12.1. The topological polar surface area (TPSA) is 58.4 Å². The molecule has 22 heavy (non-hydrogen) atoms. The monoisotopic (exact) mass is 345 g/mol. The minimum atomic E-state index is 0. The second-order valence-corrected chi connectivity index (χ2v) is 6.02. The molecule has 2 atom stereocenters. The number of carbonyl (C=O) groups excluding carboxylic acids is 1. The summed E-state index contributed by atoms with van der Waals surface area (Å²) in [5, 5.41) is 3.69. The molecule has 0 saturated carbocycles. The van der Waals surface area contributed by atoms with Crippen molar-refractivity contribution in [1.29, 1.82) is 0 Å². The van der Waals surface area contributed by atoms with Gasteiger partial charge in [0.2, 0.25) is 5.91 Å². The quantitative estimate of drug-likeness (QED) is 0.862. The second-order valence-electron chi connectivity index (χ2n) is 5.61. The van der Waals surface area contributed by atoms with Crippen LogP contribution in [0.1, 0.15) is 31.4 Å². The smallest absolute Gasteiger partial charge is 0.224 e. The van der Waals surface area contributed by atoms with E-state index in [9.17, 15) is 4.79 Å². The van der Waals surface area contributed by atoms with E-state index in [0.29, 0.717) is 13.1 Å². The Balaban J connectivity index is 0.00000242. The molecule has 1 aromatic carbocycles. The Kier molecular flexibility index (Phi) is 8.18. The second kappa shape index (κ2) is 9.36. The number of nitrogens with zero attached hydrogens (tertiary/aromatic N) is 1. The number of piperidine rings is 1. The molecule has 2 unspecified atom stereocenters. The third kappa shape index (κ3) is 4.85. The number of nitrogens with two attached hydrogens (primary N) is 1. The van der Waals surface area contributed by atoms with Crippen LogP contribution in [-0.2, 0) is 4.79 Å². The van der Waals surface area contributed by atoms with Gasteiger partial charge in [-0.3, -0.25) is 9.69 Å². The number of rotatable bonds is 5. The third-order valence-corrected chi connectivity index (χ3v) is 4.51. The zero-order valence-corrected chi connectivity index (χ0v) is 14.5. The van der Waals surface area contributed by atoms with Crippen molar-refractivity contribution in [2.45, 2.75) is 25.8 Å². The van der Waals surface area contributed by atoms with Gasteiger partial charge >= 0.3 is 0 Å². The minimum Gasteiger partial charge on any atom is -0.355 e. The lowest BCUT2D eigenvalue weighted by atomic mass is 9.94. The van der Waals surface area contributed by atoms with Crippen molar-refractivity contribution in [3.63, 3.8) is 0 Å². The Hall–Kier alpha value is -0.810. The molecule has 0 bridgehead atoms. The van der Waals surface area contributed by atoms with Gasteiger partial charge in [0, 0.05) is 30.7 Å². The van der Waals surface area contributed by atoms with Crippen LogP contribution in [0.15, 0.2) is 24.3 Å². The molecule has 3 N–H and O–H groups in total. The van der Waals surface area contributed by atoms with E-state index in [-0.39, 0.29) is 30.3 Å². The van der Waals surface area contributed by atoms with Crippen LogP contribution in [0.4, 0.5) is 0 Å². The highest BCUT2D eigenvalue weighted by Crippen LogP contribution is 2.30. The first kappa shape index (κ1) is 19.2. The summed E-state index contributed by atoms with van der Waals surface area (Å²) in [4.78, 5) is 14.5. The molecule has 0 spiro atoms. The summed E-state index contributed by atoms with van der Waals surface area (Å²) in [5.41, 5.74) is 6.56. The lowest BCUT2D eigenvalue weighted by Gasteiger charge is -2.36. The maximum absolute atomic E-state index is 12.1. The summed E-state index contributed by atoms with van der Waals surface area (Å²) in [6, 6.07) is 8.16. The zero-order chi connectivity index (χ0) is 15.2. The highest BCUT2D eigenvalue weighted by atomic mass is 35.5. The normalized spacial score (nSPS) is 20.0. The van der Waals surface area contributed by atoms with Crippen molar-refractivity contribution in [1.82, 2.24) is 10.2 Å². The Morgan fingerprint density at radius 2 is 2.23 bits per heavy atom. The first-order valence-electron chi connectivity index (χ1n) is 7.59. The zero-order valence-electron chi connectivity index (χ0n) is 12.9. The first-order chi connectivity index (χ1) is 10.1. The standard InChI is InChI=1S/C16H24ClN3O.ClH/c1-12(14-6-2-3-7-15(14)17)20-10-4-5-13(11-20)16(21)19-9-8-18;/h2-3,6-7,12-13H,4-5,8-11,18H2,1H3,(H,19,21);1H. The Bertz CT molecular complexity index is 484. The molecule has 1 saturated heterocycles. The fraction of sp³-hybridized carbons (Fsp3) is 0.562. The number of likely N-dealkylation sites (tertiary alicyclic amines) is 1. The van der Waals surface area contributed by atoms with Gasteiger partial charge in [0.05, 0.1) is 5.92 Å². The average molecular weight is 346 g/mol. The molecule has 1 fully saturated rings. The molecular formula is C16H25Cl2N3O. The van der Waals surface area contributed by atoms with Crippen molar-refractivity contribution in [3.8, 4) is 0 Å². The molecule has 1 aliphatic rings. The predicted octanol–water partition coefficient (Wildman–Crippen LogP) is 2.61. The van der Waals surface area contributed by atoms with Gasteiger partial charge in [0.25, 0.3) is 0 Å². The highest BCUT2D eigenvalue weighted by molar-refractivity contribution is 6.31. The molecular weight excluding hydrogens is 321 g/mol. The van der Waals surface area contributed by atoms with E-state index in [1.54, 1.807) is 0 Å². The fourth-order valence-corrected chi connectivity index (χ4v) is 3.22. The van der Waals surface area contributed by atoms with Crippen LogP contribution < -0.4 is 11.1 Å². The van der Waals surface area contributed by atoms with Crippen molar-refractivity contribution < 1.29 is 4.79 Å². The van der Waals surface area contributed by atoms with E-state index in [0.717, 1.165) is 36.5 Å². The van der Waals surface area contributed by atoms with E-state index in [1.807, 2.05) is 18.2 Å². The highest BCUT2D eigenvalue weighted by Gasteiger charge is 2.29. The number of hydrogen-bond donors (Lipinski definition) is 2. The van der Waals surface area contributed by atoms with Crippen LogP contribution in [0, 0.1) is 5.92 Å². The van der Waals surface area contributed by atoms with Crippen LogP contribution in [0.25, 0.3) is 0 Å². The van der Waals surface area contributed by atoms with Gasteiger partial charge in [-0.05, 0) is 37.9 Å². The Labute approximate surface area is 143 Å². The molecule has 6 heteroatoms. The summed E-state index contributed by atoms with van der Waals surface area (Å²) in [5.74, 6) is 0.173. The van der Waals surface area contributed by atoms with Crippen LogP contribution in [-0.4, -0.2) is 37.0 Å². The Morgan fingerprint density at radius 1 is 1.50 bits per heavy atom. The van der Waals surface area contributed by atoms with Gasteiger partial charge in [-0.1, -0.05) is 29.8 Å². The first-order valence-corrected chi connectivity index (χ1v) is 7.97. The number of halogens is 2. The maximum Gasteiger partial charge on any atom is 0.224 e. The van der Waals surface area contributed by atoms with Gasteiger partial charge in [0.15, 0.2) is 0 Å². The summed E-state index contributed by atoms with van der Waals surface area (Å²) in [6.07, 6.45) is 1.98. The molecule has 2 rings (SSSR count). The average Bonchev–Trinajstić information content (AvgIpc) is 2.52. The SMILES string of the molecule is CC(c1ccccc1Cl)N1CCCC(C(=O)NCCN)C1.Cl. The van der Waals surface area contributed by atoms with E-state index in [1.165, 1.54) is 0 Å². The van der Waals surface area contributed by atoms with Crippen LogP contribution >= 0.6 is 24.0 Å². The van der Waals surface area contributed by atoms with E-state index >= 15 is 0 Å². The fourth-order valence-electron chi connectivity index (χ4n) is 2.92. The molecule has 124 valence electrons. The van der Waals surface area contributed by atoms with Crippen molar-refractivity contribution in [3.05, 3.63) is 34.9 Å². The molecule has 0 aromatic heterocycles. The van der Waals surface area contributed by atoms with E-state index in [2.05, 4.69) is 23.2 Å². The van der Waals surface area contributed by atoms with E-state index < -0.39 is 0 Å². The largest absolute Gasteiger partial charge is 0.355 e. The van der Waals surface area contributed by atoms with Crippen molar-refractivity contribution >= 4 is 29.9 Å². The molecule has 1 heterocycles. The number of benzene rings is 1. The molecule has 1 aromatic rings. The van der Waals surface area contributed by atoms with Gasteiger partial charge < -0.3 is 11.1 Å². The number of amides is 1. The molecule has 4 nitrogen and oxygen atoms in total. The van der Waals surface area contributed by atoms with E-state index in [4.69, 9.17) is 17.3 Å². The molecule has 0 radical (unpaired) electrons. The van der Waals surface area contributed by atoms with Crippen molar-refractivity contribution in [2.75, 3.05) is 26.2 Å². The summed E-state index contributed by atoms with van der Waals surface area (Å²) >= 11 is 6.29. The predicted molar refractivity (Wildman–Crippen MR) is 93.5 cm³/mol. The van der Waals surface area contributed by atoms with Crippen LogP contribution in [0.3, 0.4) is 0 Å². The third-order valence-electron chi connectivity index (χ3n) is 4.17. The lowest BCUT2D eigenvalue weighted by Crippen LogP contribution is -2.44. The Morgan fingerprint density at radius 3 is 2.91 bits per heavy atom. The summed E-state index contributed by atoms with van der Waals surface area (Å²) in [6.45, 7) is 4.98. The van der Waals surface area contributed by atoms with Crippen LogP contribution in [0.5, 0.6) is 0 Å². The van der Waals surface area contributed by atoms with Crippen LogP contribution in [0.2, 0.25) is 5.02 Å². The lowest BCUT2D eigenvalue weighted by molar-refractivity contribution is -0.126. The molecule has 1 amide bonds. The number of hydrogen-bond acceptors (Lipinski definition) is 3. The van der Waals surface area contributed by atoms with Gasteiger partial charge in [-0.25, -0.2) is 0 Å².